The smallest absolute Gasteiger partial charge is 0.137 e. The summed E-state index contributed by atoms with van der Waals surface area (Å²) in [5, 5.41) is 10.0. The van der Waals surface area contributed by atoms with Crippen LogP contribution in [0.25, 0.3) is 0 Å². The first kappa shape index (κ1) is 14.7. The van der Waals surface area contributed by atoms with Crippen LogP contribution in [0.1, 0.15) is 46.4 Å². The highest BCUT2D eigenvalue weighted by Crippen LogP contribution is 2.28. The normalized spacial score (nSPS) is 19.6. The monoisotopic (exact) mass is 327 g/mol. The molecule has 1 aromatic heterocycles. The summed E-state index contributed by atoms with van der Waals surface area (Å²) in [5.41, 5.74) is -0.604. The average molecular weight is 328 g/mol. The Bertz CT molecular complexity index is 458. The zero-order valence-electron chi connectivity index (χ0n) is 12.1. The molecule has 1 aliphatic heterocycles. The van der Waals surface area contributed by atoms with Gasteiger partial charge in [0.05, 0.1) is 5.60 Å². The number of halogens is 1. The molecule has 1 aromatic rings. The molecule has 19 heavy (non-hydrogen) atoms. The van der Waals surface area contributed by atoms with Crippen molar-refractivity contribution in [3.05, 3.63) is 16.5 Å². The standard InChI is InChI=1S/C14H22BrN3O/c1-13(2,3)12-16-10(15)9-11(17-12)18-7-5-14(4,19)6-8-18/h9,19H,5-8H2,1-4H3. The summed E-state index contributed by atoms with van der Waals surface area (Å²) >= 11 is 3.47. The summed E-state index contributed by atoms with van der Waals surface area (Å²) in [6.45, 7) is 9.90. The van der Waals surface area contributed by atoms with E-state index in [-0.39, 0.29) is 5.41 Å². The van der Waals surface area contributed by atoms with Crippen molar-refractivity contribution >= 4 is 21.7 Å². The number of piperidine rings is 1. The molecular weight excluding hydrogens is 306 g/mol. The average Bonchev–Trinajstić information content (AvgIpc) is 2.26. The van der Waals surface area contributed by atoms with Crippen LogP contribution in [-0.2, 0) is 5.41 Å². The van der Waals surface area contributed by atoms with Gasteiger partial charge in [0.15, 0.2) is 0 Å². The molecule has 1 aliphatic rings. The molecule has 0 saturated carbocycles. The molecular formula is C14H22BrN3O. The van der Waals surface area contributed by atoms with Crippen LogP contribution in [0.2, 0.25) is 0 Å². The second-order valence-corrected chi connectivity index (χ2v) is 7.42. The van der Waals surface area contributed by atoms with E-state index in [9.17, 15) is 5.11 Å². The van der Waals surface area contributed by atoms with E-state index in [1.54, 1.807) is 0 Å². The van der Waals surface area contributed by atoms with Gasteiger partial charge in [-0.2, -0.15) is 0 Å². The van der Waals surface area contributed by atoms with Gasteiger partial charge < -0.3 is 10.0 Å². The van der Waals surface area contributed by atoms with E-state index >= 15 is 0 Å². The topological polar surface area (TPSA) is 49.2 Å². The predicted molar refractivity (Wildman–Crippen MR) is 80.5 cm³/mol. The van der Waals surface area contributed by atoms with Crippen molar-refractivity contribution in [2.45, 2.75) is 51.6 Å². The Kier molecular flexibility index (Phi) is 3.89. The summed E-state index contributed by atoms with van der Waals surface area (Å²) in [5.74, 6) is 1.79. The minimum absolute atomic E-state index is 0.0696. The Morgan fingerprint density at radius 1 is 1.26 bits per heavy atom. The van der Waals surface area contributed by atoms with E-state index in [1.807, 2.05) is 13.0 Å². The quantitative estimate of drug-likeness (QED) is 0.806. The third-order valence-electron chi connectivity index (χ3n) is 3.52. The van der Waals surface area contributed by atoms with Crippen LogP contribution >= 0.6 is 15.9 Å². The van der Waals surface area contributed by atoms with Gasteiger partial charge in [0.25, 0.3) is 0 Å². The molecule has 0 atom stereocenters. The van der Waals surface area contributed by atoms with Crippen LogP contribution in [0.15, 0.2) is 10.7 Å². The molecule has 1 saturated heterocycles. The Labute approximate surface area is 123 Å². The summed E-state index contributed by atoms with van der Waals surface area (Å²) in [4.78, 5) is 11.4. The fourth-order valence-electron chi connectivity index (χ4n) is 2.12. The Morgan fingerprint density at radius 2 is 1.84 bits per heavy atom. The maximum atomic E-state index is 10.0. The van der Waals surface area contributed by atoms with E-state index in [0.29, 0.717) is 0 Å². The van der Waals surface area contributed by atoms with Crippen molar-refractivity contribution in [1.82, 2.24) is 9.97 Å². The van der Waals surface area contributed by atoms with Gasteiger partial charge in [-0.05, 0) is 35.7 Å². The molecule has 0 radical (unpaired) electrons. The van der Waals surface area contributed by atoms with Gasteiger partial charge in [0.2, 0.25) is 0 Å². The fourth-order valence-corrected chi connectivity index (χ4v) is 2.49. The molecule has 0 amide bonds. The van der Waals surface area contributed by atoms with Gasteiger partial charge in [-0.1, -0.05) is 20.8 Å². The number of aromatic nitrogens is 2. The molecule has 2 rings (SSSR count). The van der Waals surface area contributed by atoms with Gasteiger partial charge in [0.1, 0.15) is 16.2 Å². The van der Waals surface area contributed by atoms with E-state index in [4.69, 9.17) is 0 Å². The lowest BCUT2D eigenvalue weighted by Crippen LogP contribution is -2.43. The summed E-state index contributed by atoms with van der Waals surface area (Å²) in [6.07, 6.45) is 1.55. The lowest BCUT2D eigenvalue weighted by Gasteiger charge is -2.36. The molecule has 4 nitrogen and oxygen atoms in total. The Morgan fingerprint density at radius 3 is 2.37 bits per heavy atom. The number of nitrogens with zero attached hydrogens (tertiary/aromatic N) is 3. The maximum Gasteiger partial charge on any atom is 0.137 e. The second-order valence-electron chi connectivity index (χ2n) is 6.61. The number of aliphatic hydroxyl groups is 1. The summed E-state index contributed by atoms with van der Waals surface area (Å²) < 4.78 is 0.819. The first-order chi connectivity index (χ1) is 8.67. The third-order valence-corrected chi connectivity index (χ3v) is 3.92. The number of hydrogen-bond acceptors (Lipinski definition) is 4. The van der Waals surface area contributed by atoms with Crippen molar-refractivity contribution in [2.75, 3.05) is 18.0 Å². The largest absolute Gasteiger partial charge is 0.390 e. The Hall–Kier alpha value is -0.680. The molecule has 0 spiro atoms. The van der Waals surface area contributed by atoms with Crippen LogP contribution in [-0.4, -0.2) is 33.8 Å². The van der Waals surface area contributed by atoms with Gasteiger partial charge >= 0.3 is 0 Å². The number of hydrogen-bond donors (Lipinski definition) is 1. The SMILES string of the molecule is CC1(O)CCN(c2cc(Br)nc(C(C)(C)C)n2)CC1. The van der Waals surface area contributed by atoms with Gasteiger partial charge in [-0.3, -0.25) is 0 Å². The molecule has 0 aliphatic carbocycles. The maximum absolute atomic E-state index is 10.0. The highest BCUT2D eigenvalue weighted by atomic mass is 79.9. The lowest BCUT2D eigenvalue weighted by atomic mass is 9.93. The minimum atomic E-state index is -0.534. The number of rotatable bonds is 1. The Balaban J connectivity index is 2.24. The molecule has 0 unspecified atom stereocenters. The van der Waals surface area contributed by atoms with E-state index < -0.39 is 5.60 Å². The van der Waals surface area contributed by atoms with E-state index in [1.165, 1.54) is 0 Å². The fraction of sp³-hybridized carbons (Fsp3) is 0.714. The van der Waals surface area contributed by atoms with Gasteiger partial charge in [-0.25, -0.2) is 9.97 Å². The van der Waals surface area contributed by atoms with E-state index in [2.05, 4.69) is 51.6 Å². The summed E-state index contributed by atoms with van der Waals surface area (Å²) in [6, 6.07) is 1.95. The van der Waals surface area contributed by atoms with Crippen LogP contribution < -0.4 is 4.90 Å². The van der Waals surface area contributed by atoms with Crippen molar-refractivity contribution in [3.63, 3.8) is 0 Å². The molecule has 1 N–H and O–H groups in total. The van der Waals surface area contributed by atoms with Crippen molar-refractivity contribution in [1.29, 1.82) is 0 Å². The zero-order chi connectivity index (χ0) is 14.3. The predicted octanol–water partition coefficient (Wildman–Crippen LogP) is 2.89. The van der Waals surface area contributed by atoms with Crippen LogP contribution in [0.4, 0.5) is 5.82 Å². The first-order valence-electron chi connectivity index (χ1n) is 6.70. The van der Waals surface area contributed by atoms with Crippen LogP contribution in [0.3, 0.4) is 0 Å². The van der Waals surface area contributed by atoms with Crippen molar-refractivity contribution in [3.8, 4) is 0 Å². The van der Waals surface area contributed by atoms with Gasteiger partial charge in [0, 0.05) is 24.6 Å². The number of anilines is 1. The molecule has 0 bridgehead atoms. The molecule has 1 fully saturated rings. The summed E-state index contributed by atoms with van der Waals surface area (Å²) in [7, 11) is 0. The first-order valence-corrected chi connectivity index (χ1v) is 7.49. The van der Waals surface area contributed by atoms with Gasteiger partial charge in [-0.15, -0.1) is 0 Å². The molecule has 5 heteroatoms. The third kappa shape index (κ3) is 3.66. The van der Waals surface area contributed by atoms with Crippen molar-refractivity contribution < 1.29 is 5.11 Å². The minimum Gasteiger partial charge on any atom is -0.390 e. The second kappa shape index (κ2) is 5.02. The van der Waals surface area contributed by atoms with Crippen molar-refractivity contribution in [2.24, 2.45) is 0 Å². The molecule has 0 aromatic carbocycles. The highest BCUT2D eigenvalue weighted by molar-refractivity contribution is 9.10. The van der Waals surface area contributed by atoms with Crippen LogP contribution in [0.5, 0.6) is 0 Å². The zero-order valence-corrected chi connectivity index (χ0v) is 13.7. The van der Waals surface area contributed by atoms with Crippen LogP contribution in [0, 0.1) is 0 Å². The molecule has 2 heterocycles. The highest BCUT2D eigenvalue weighted by Gasteiger charge is 2.29. The molecule has 106 valence electrons. The lowest BCUT2D eigenvalue weighted by molar-refractivity contribution is 0.0350. The van der Waals surface area contributed by atoms with E-state index in [0.717, 1.165) is 42.2 Å².